The molecule has 3 aliphatic carbocycles. The normalized spacial score (nSPS) is 33.2. The van der Waals surface area contributed by atoms with Gasteiger partial charge in [0, 0.05) is 41.7 Å². The maximum Gasteiger partial charge on any atom is 0.302 e. The molecule has 0 aromatic heterocycles. The molecule has 0 aromatic rings. The molecule has 0 N–H and O–H groups in total. The Balaban J connectivity index is 2.10. The van der Waals surface area contributed by atoms with Crippen LogP contribution in [0.1, 0.15) is 51.9 Å². The van der Waals surface area contributed by atoms with Crippen LogP contribution in [0.25, 0.3) is 0 Å². The van der Waals surface area contributed by atoms with Gasteiger partial charge >= 0.3 is 5.97 Å². The van der Waals surface area contributed by atoms with Crippen molar-refractivity contribution >= 4 is 35.4 Å². The topological polar surface area (TPSA) is 26.3 Å². The Morgan fingerprint density at radius 2 is 1.53 bits per heavy atom. The third-order valence-corrected chi connectivity index (χ3v) is 84.8. The van der Waals surface area contributed by atoms with Crippen molar-refractivity contribution in [1.29, 1.82) is 0 Å². The minimum absolute atomic E-state index is 0.133. The molecule has 34 heavy (non-hydrogen) atoms. The standard InChI is InChI=1S/C28H54O2Si4/c1-12-24-13-18-27-19-14-25(16-21-30-23(2)29)28(24,27)26(15-20-27)17-22-34(31(3,4)5,32(6,7)8)33(9,10)11/h12,17,24-25H,1,13-16,18-22H2,2-11H3/b26-17+/t24-,25-,27+,28+/m0/s1. The van der Waals surface area contributed by atoms with E-state index in [9.17, 15) is 4.79 Å². The second kappa shape index (κ2) is 9.29. The Labute approximate surface area is 214 Å². The number of allylic oxidation sites excluding steroid dienone is 3. The molecule has 0 aromatic carbocycles. The third kappa shape index (κ3) is 4.10. The third-order valence-electron chi connectivity index (χ3n) is 11.0. The van der Waals surface area contributed by atoms with Crippen LogP contribution in [0.2, 0.25) is 65.0 Å². The number of hydrogen-bond donors (Lipinski definition) is 0. The fourth-order valence-corrected chi connectivity index (χ4v) is 107. The number of rotatable bonds is 9. The van der Waals surface area contributed by atoms with Crippen LogP contribution in [0.4, 0.5) is 0 Å². The molecule has 4 atom stereocenters. The van der Waals surface area contributed by atoms with Gasteiger partial charge in [-0.15, -0.1) is 6.58 Å². The quantitative estimate of drug-likeness (QED) is 0.169. The molecule has 3 rings (SSSR count). The summed E-state index contributed by atoms with van der Waals surface area (Å²) >= 11 is 0. The predicted octanol–water partition coefficient (Wildman–Crippen LogP) is 8.34. The Kier molecular flexibility index (Phi) is 7.75. The monoisotopic (exact) mass is 534 g/mol. The molecular weight excluding hydrogens is 481 g/mol. The summed E-state index contributed by atoms with van der Waals surface area (Å²) in [7, 11) is -3.86. The van der Waals surface area contributed by atoms with Gasteiger partial charge in [-0.3, -0.25) is 4.79 Å². The SMILES string of the molecule is C=C[C@H]1CC[C@@]23CC/C(=C\C[Si]([Si](C)(C)C)([Si](C)(C)C)[Si](C)(C)C)[C@]12[C@H](CCOC(C)=O)CC3. The molecule has 0 saturated heterocycles. The maximum absolute atomic E-state index is 11.5. The molecule has 2 nitrogen and oxygen atoms in total. The highest BCUT2D eigenvalue weighted by molar-refractivity contribution is 7.89. The number of ether oxygens (including phenoxy) is 1. The second-order valence-electron chi connectivity index (χ2n) is 15.0. The van der Waals surface area contributed by atoms with Gasteiger partial charge in [-0.2, -0.15) is 0 Å². The van der Waals surface area contributed by atoms with E-state index < -0.39 is 29.4 Å². The van der Waals surface area contributed by atoms with E-state index in [-0.39, 0.29) is 5.97 Å². The Morgan fingerprint density at radius 1 is 0.971 bits per heavy atom. The predicted molar refractivity (Wildman–Crippen MR) is 160 cm³/mol. The molecule has 3 aliphatic rings. The van der Waals surface area contributed by atoms with Crippen LogP contribution in [0.5, 0.6) is 0 Å². The van der Waals surface area contributed by atoms with Crippen molar-refractivity contribution in [3.8, 4) is 0 Å². The zero-order valence-electron chi connectivity index (χ0n) is 24.2. The van der Waals surface area contributed by atoms with Crippen molar-refractivity contribution in [1.82, 2.24) is 0 Å². The van der Waals surface area contributed by atoms with E-state index in [2.05, 4.69) is 77.7 Å². The van der Waals surface area contributed by atoms with Crippen LogP contribution in [0.3, 0.4) is 0 Å². The van der Waals surface area contributed by atoms with Gasteiger partial charge in [0.2, 0.25) is 0 Å². The van der Waals surface area contributed by atoms with Gasteiger partial charge < -0.3 is 4.74 Å². The van der Waals surface area contributed by atoms with E-state index in [0.717, 1.165) is 6.42 Å². The largest absolute Gasteiger partial charge is 0.466 e. The lowest BCUT2D eigenvalue weighted by Crippen LogP contribution is -2.82. The zero-order valence-corrected chi connectivity index (χ0v) is 28.2. The van der Waals surface area contributed by atoms with Gasteiger partial charge in [-0.25, -0.2) is 0 Å². The molecule has 0 bridgehead atoms. The average Bonchev–Trinajstić information content (AvgIpc) is 3.24. The lowest BCUT2D eigenvalue weighted by Gasteiger charge is -2.57. The van der Waals surface area contributed by atoms with E-state index in [1.807, 2.05) is 5.57 Å². The van der Waals surface area contributed by atoms with Crippen molar-refractivity contribution in [3.05, 3.63) is 24.3 Å². The molecule has 0 unspecified atom stereocenters. The maximum atomic E-state index is 11.5. The Hall–Kier alpha value is -0.182. The summed E-state index contributed by atoms with van der Waals surface area (Å²) in [5.74, 6) is 1.12. The van der Waals surface area contributed by atoms with Crippen LogP contribution in [0, 0.1) is 22.7 Å². The molecular formula is C28H54O2Si4. The first kappa shape index (κ1) is 28.4. The van der Waals surface area contributed by atoms with Crippen LogP contribution < -0.4 is 0 Å². The fraction of sp³-hybridized carbons (Fsp3) is 0.821. The number of carbonyl (C=O) groups is 1. The minimum atomic E-state index is -1.41. The van der Waals surface area contributed by atoms with Crippen LogP contribution in [-0.2, 0) is 9.53 Å². The first-order valence-electron chi connectivity index (χ1n) is 14.0. The van der Waals surface area contributed by atoms with E-state index in [1.165, 1.54) is 44.6 Å². The minimum Gasteiger partial charge on any atom is -0.466 e. The Bertz CT molecular complexity index is 793. The molecule has 0 aliphatic heterocycles. The summed E-state index contributed by atoms with van der Waals surface area (Å²) in [5, 5.41) is 0. The summed E-state index contributed by atoms with van der Waals surface area (Å²) in [4.78, 5) is 11.5. The van der Waals surface area contributed by atoms with E-state index >= 15 is 0 Å². The molecule has 3 saturated carbocycles. The number of carbonyl (C=O) groups excluding carboxylic acids is 1. The molecule has 6 heteroatoms. The molecule has 0 heterocycles. The van der Waals surface area contributed by atoms with Crippen molar-refractivity contribution in [2.45, 2.75) is 117 Å². The van der Waals surface area contributed by atoms with Gasteiger partial charge in [0.15, 0.2) is 0 Å². The highest BCUT2D eigenvalue weighted by Gasteiger charge is 2.69. The summed E-state index contributed by atoms with van der Waals surface area (Å²) in [6.07, 6.45) is 14.3. The van der Waals surface area contributed by atoms with Gasteiger partial charge in [0.25, 0.3) is 0 Å². The highest BCUT2D eigenvalue weighted by atomic mass is 29.9. The Morgan fingerprint density at radius 3 is 2.03 bits per heavy atom. The summed E-state index contributed by atoms with van der Waals surface area (Å²) in [6.45, 7) is 29.6. The molecule has 0 spiro atoms. The fourth-order valence-electron chi connectivity index (χ4n) is 10.7. The molecule has 0 amide bonds. The molecule has 0 radical (unpaired) electrons. The van der Waals surface area contributed by atoms with E-state index in [1.54, 1.807) is 6.92 Å². The van der Waals surface area contributed by atoms with E-state index in [0.29, 0.717) is 29.3 Å². The van der Waals surface area contributed by atoms with Gasteiger partial charge in [0.1, 0.15) is 0 Å². The van der Waals surface area contributed by atoms with Crippen molar-refractivity contribution in [3.63, 3.8) is 0 Å². The lowest BCUT2D eigenvalue weighted by molar-refractivity contribution is -0.141. The molecule has 194 valence electrons. The summed E-state index contributed by atoms with van der Waals surface area (Å²) in [6, 6.07) is 1.45. The van der Waals surface area contributed by atoms with Gasteiger partial charge in [-0.1, -0.05) is 76.6 Å². The summed E-state index contributed by atoms with van der Waals surface area (Å²) in [5.41, 5.74) is 2.61. The number of hydrogen-bond acceptors (Lipinski definition) is 2. The van der Waals surface area contributed by atoms with Gasteiger partial charge in [0.05, 0.1) is 6.61 Å². The zero-order chi connectivity index (χ0) is 25.8. The highest BCUT2D eigenvalue weighted by Crippen LogP contribution is 2.77. The second-order valence-corrected chi connectivity index (χ2v) is 56.4. The van der Waals surface area contributed by atoms with Crippen LogP contribution >= 0.6 is 0 Å². The van der Waals surface area contributed by atoms with Crippen LogP contribution in [-0.4, -0.2) is 42.0 Å². The molecule has 3 fully saturated rings. The van der Waals surface area contributed by atoms with E-state index in [4.69, 9.17) is 4.74 Å². The van der Waals surface area contributed by atoms with Gasteiger partial charge in [-0.05, 0) is 68.2 Å². The van der Waals surface area contributed by atoms with Crippen molar-refractivity contribution < 1.29 is 9.53 Å². The average molecular weight is 535 g/mol. The number of esters is 1. The first-order valence-corrected chi connectivity index (χ1v) is 29.7. The first-order chi connectivity index (χ1) is 15.5. The van der Waals surface area contributed by atoms with Crippen molar-refractivity contribution in [2.75, 3.05) is 6.61 Å². The lowest BCUT2D eigenvalue weighted by atomic mass is 9.60. The summed E-state index contributed by atoms with van der Waals surface area (Å²) < 4.78 is 5.49. The smallest absolute Gasteiger partial charge is 0.302 e. The van der Waals surface area contributed by atoms with Crippen molar-refractivity contribution in [2.24, 2.45) is 22.7 Å². The van der Waals surface area contributed by atoms with Crippen LogP contribution in [0.15, 0.2) is 24.3 Å².